The second-order valence-corrected chi connectivity index (χ2v) is 11.3. The molecule has 0 radical (unpaired) electrons. The highest BCUT2D eigenvalue weighted by molar-refractivity contribution is 5.94. The summed E-state index contributed by atoms with van der Waals surface area (Å²) in [6.07, 6.45) is 12.0. The largest absolute Gasteiger partial charge is 0.351 e. The second-order valence-electron chi connectivity index (χ2n) is 11.3. The van der Waals surface area contributed by atoms with Gasteiger partial charge in [-0.3, -0.25) is 19.2 Å². The smallest absolute Gasteiger partial charge is 0.243 e. The molecule has 0 bridgehead atoms. The van der Waals surface area contributed by atoms with E-state index in [0.717, 1.165) is 31.6 Å². The van der Waals surface area contributed by atoms with E-state index in [9.17, 15) is 19.2 Å². The van der Waals surface area contributed by atoms with Crippen molar-refractivity contribution in [3.05, 3.63) is 0 Å². The molecule has 1 aliphatic rings. The van der Waals surface area contributed by atoms with Crippen LogP contribution in [0.25, 0.3) is 0 Å². The van der Waals surface area contributed by atoms with Gasteiger partial charge in [0.15, 0.2) is 0 Å². The molecule has 0 aromatic rings. The number of carbonyl (C=O) groups excluding carboxylic acids is 4. The molecule has 4 amide bonds. The molecule has 214 valence electrons. The minimum atomic E-state index is -0.785. The number of hydrogen-bond donors (Lipinski definition) is 5. The van der Waals surface area contributed by atoms with E-state index >= 15 is 0 Å². The number of nitrogens with two attached hydrogens (primary N) is 1. The Hall–Kier alpha value is -2.16. The molecule has 1 aliphatic heterocycles. The highest BCUT2D eigenvalue weighted by atomic mass is 16.2. The number of nitrogens with one attached hydrogen (secondary N) is 4. The summed E-state index contributed by atoms with van der Waals surface area (Å²) in [4.78, 5) is 51.2. The van der Waals surface area contributed by atoms with Gasteiger partial charge in [-0.05, 0) is 44.1 Å². The molecule has 3 atom stereocenters. The van der Waals surface area contributed by atoms with Gasteiger partial charge in [0.25, 0.3) is 0 Å². The summed E-state index contributed by atoms with van der Waals surface area (Å²) in [7, 11) is 0. The van der Waals surface area contributed by atoms with Crippen molar-refractivity contribution in [2.24, 2.45) is 17.6 Å². The van der Waals surface area contributed by atoms with Crippen molar-refractivity contribution in [3.8, 4) is 0 Å². The van der Waals surface area contributed by atoms with Crippen molar-refractivity contribution >= 4 is 23.6 Å². The standard InChI is InChI=1S/C28H53N5O4/c1-20(2)14-10-8-6-5-7-9-11-15-22-18-24(34)30-19-25(35)32-23(16-12-13-17-29)27(36)33-26(21(3)4)28(37)31-22/h20-23,26H,5-19,29H2,1-4H3,(H,30,34)(H,31,37)(H,32,35)(H,33,36)/t22?,23-,26?/m0/s1. The van der Waals surface area contributed by atoms with Crippen LogP contribution in [0.5, 0.6) is 0 Å². The summed E-state index contributed by atoms with van der Waals surface area (Å²) < 4.78 is 0. The first-order valence-electron chi connectivity index (χ1n) is 14.5. The monoisotopic (exact) mass is 523 g/mol. The predicted molar refractivity (Wildman–Crippen MR) is 148 cm³/mol. The van der Waals surface area contributed by atoms with Crippen LogP contribution in [-0.4, -0.2) is 54.8 Å². The van der Waals surface area contributed by atoms with E-state index < -0.39 is 23.9 Å². The average Bonchev–Trinajstić information content (AvgIpc) is 2.83. The number of hydrogen-bond acceptors (Lipinski definition) is 5. The summed E-state index contributed by atoms with van der Waals surface area (Å²) >= 11 is 0. The maximum absolute atomic E-state index is 13.2. The summed E-state index contributed by atoms with van der Waals surface area (Å²) in [5.74, 6) is -0.786. The van der Waals surface area contributed by atoms with Gasteiger partial charge in [-0.15, -0.1) is 0 Å². The summed E-state index contributed by atoms with van der Waals surface area (Å²) in [6, 6.07) is -1.88. The van der Waals surface area contributed by atoms with E-state index in [-0.39, 0.29) is 36.7 Å². The lowest BCUT2D eigenvalue weighted by atomic mass is 9.99. The first kappa shape index (κ1) is 32.9. The molecule has 2 unspecified atom stereocenters. The van der Waals surface area contributed by atoms with Gasteiger partial charge >= 0.3 is 0 Å². The van der Waals surface area contributed by atoms with Crippen molar-refractivity contribution in [2.45, 2.75) is 129 Å². The van der Waals surface area contributed by atoms with Gasteiger partial charge in [-0.2, -0.15) is 0 Å². The molecule has 0 aromatic carbocycles. The third-order valence-electron chi connectivity index (χ3n) is 6.90. The quantitative estimate of drug-likeness (QED) is 0.210. The Morgan fingerprint density at radius 1 is 0.730 bits per heavy atom. The minimum Gasteiger partial charge on any atom is -0.351 e. The molecular weight excluding hydrogens is 470 g/mol. The fraction of sp³-hybridized carbons (Fsp3) is 0.857. The molecule has 37 heavy (non-hydrogen) atoms. The van der Waals surface area contributed by atoms with Crippen molar-refractivity contribution in [1.82, 2.24) is 21.3 Å². The topological polar surface area (TPSA) is 142 Å². The molecule has 1 fully saturated rings. The Morgan fingerprint density at radius 2 is 1.35 bits per heavy atom. The third-order valence-corrected chi connectivity index (χ3v) is 6.90. The summed E-state index contributed by atoms with van der Waals surface area (Å²) in [6.45, 7) is 8.55. The van der Waals surface area contributed by atoms with Crippen LogP contribution in [0.2, 0.25) is 0 Å². The van der Waals surface area contributed by atoms with Gasteiger partial charge in [0.1, 0.15) is 12.1 Å². The van der Waals surface area contributed by atoms with Crippen LogP contribution in [0, 0.1) is 11.8 Å². The molecule has 0 spiro atoms. The van der Waals surface area contributed by atoms with Gasteiger partial charge in [0.2, 0.25) is 23.6 Å². The number of unbranched alkanes of at least 4 members (excludes halogenated alkanes) is 7. The molecule has 6 N–H and O–H groups in total. The van der Waals surface area contributed by atoms with E-state index in [1.807, 2.05) is 13.8 Å². The molecular formula is C28H53N5O4. The third kappa shape index (κ3) is 15.0. The molecule has 0 aliphatic carbocycles. The van der Waals surface area contributed by atoms with Gasteiger partial charge in [-0.1, -0.05) is 79.1 Å². The normalized spacial score (nSPS) is 22.0. The Labute approximate surface area is 224 Å². The second kappa shape index (κ2) is 19.0. The van der Waals surface area contributed by atoms with Crippen molar-refractivity contribution < 1.29 is 19.2 Å². The van der Waals surface area contributed by atoms with E-state index in [4.69, 9.17) is 5.73 Å². The molecule has 0 aromatic heterocycles. The Bertz CT molecular complexity index is 698. The van der Waals surface area contributed by atoms with Crippen LogP contribution in [0.3, 0.4) is 0 Å². The Morgan fingerprint density at radius 3 is 1.97 bits per heavy atom. The molecule has 0 saturated carbocycles. The maximum atomic E-state index is 13.2. The minimum absolute atomic E-state index is 0.104. The molecule has 9 nitrogen and oxygen atoms in total. The van der Waals surface area contributed by atoms with Crippen LogP contribution in [0.1, 0.15) is 111 Å². The van der Waals surface area contributed by atoms with Gasteiger partial charge in [0, 0.05) is 12.5 Å². The van der Waals surface area contributed by atoms with Gasteiger partial charge in [0.05, 0.1) is 6.54 Å². The lowest BCUT2D eigenvalue weighted by Gasteiger charge is -2.27. The zero-order valence-corrected chi connectivity index (χ0v) is 23.7. The fourth-order valence-corrected chi connectivity index (χ4v) is 4.61. The maximum Gasteiger partial charge on any atom is 0.243 e. The molecule has 9 heteroatoms. The van der Waals surface area contributed by atoms with Crippen LogP contribution >= 0.6 is 0 Å². The summed E-state index contributed by atoms with van der Waals surface area (Å²) in [5.41, 5.74) is 5.57. The highest BCUT2D eigenvalue weighted by Crippen LogP contribution is 2.15. The molecule has 1 rings (SSSR count). The number of carbonyl (C=O) groups is 4. The molecule has 1 heterocycles. The van der Waals surface area contributed by atoms with E-state index in [1.165, 1.54) is 32.1 Å². The number of amides is 4. The van der Waals surface area contributed by atoms with Crippen LogP contribution in [-0.2, 0) is 19.2 Å². The van der Waals surface area contributed by atoms with Gasteiger partial charge < -0.3 is 27.0 Å². The first-order chi connectivity index (χ1) is 17.6. The van der Waals surface area contributed by atoms with E-state index in [2.05, 4.69) is 35.1 Å². The SMILES string of the molecule is CC(C)CCCCCCCCCC1CC(=O)NCC(=O)N[C@@H](CCCCN)C(=O)NC(C(C)C)C(=O)N1. The summed E-state index contributed by atoms with van der Waals surface area (Å²) in [5, 5.41) is 11.2. The fourth-order valence-electron chi connectivity index (χ4n) is 4.61. The van der Waals surface area contributed by atoms with Crippen molar-refractivity contribution in [3.63, 3.8) is 0 Å². The Kier molecular flexibility index (Phi) is 16.9. The van der Waals surface area contributed by atoms with E-state index in [0.29, 0.717) is 25.8 Å². The van der Waals surface area contributed by atoms with Crippen LogP contribution in [0.15, 0.2) is 0 Å². The lowest BCUT2D eigenvalue weighted by Crippen LogP contribution is -2.56. The highest BCUT2D eigenvalue weighted by Gasteiger charge is 2.30. The predicted octanol–water partition coefficient (Wildman–Crippen LogP) is 2.91. The van der Waals surface area contributed by atoms with Crippen LogP contribution in [0.4, 0.5) is 0 Å². The lowest BCUT2D eigenvalue weighted by molar-refractivity contribution is -0.133. The van der Waals surface area contributed by atoms with Gasteiger partial charge in [-0.25, -0.2) is 0 Å². The average molecular weight is 524 g/mol. The first-order valence-corrected chi connectivity index (χ1v) is 14.5. The number of rotatable bonds is 15. The molecule has 1 saturated heterocycles. The van der Waals surface area contributed by atoms with Crippen molar-refractivity contribution in [1.29, 1.82) is 0 Å². The van der Waals surface area contributed by atoms with E-state index in [1.54, 1.807) is 0 Å². The Balaban J connectivity index is 2.73. The zero-order valence-electron chi connectivity index (χ0n) is 23.7. The van der Waals surface area contributed by atoms with Crippen molar-refractivity contribution in [2.75, 3.05) is 13.1 Å². The van der Waals surface area contributed by atoms with Crippen LogP contribution < -0.4 is 27.0 Å². The zero-order chi connectivity index (χ0) is 27.6.